The molecule has 0 radical (unpaired) electrons. The number of halogens is 3. The maximum Gasteiger partial charge on any atom is 0.335 e. The van der Waals surface area contributed by atoms with Gasteiger partial charge in [-0.3, -0.25) is 0 Å². The minimum absolute atomic E-state index is 0.170. The van der Waals surface area contributed by atoms with Gasteiger partial charge in [-0.1, -0.05) is 53.0 Å². The molecule has 28 heavy (non-hydrogen) atoms. The number of nitrogens with one attached hydrogen (secondary N) is 1. The van der Waals surface area contributed by atoms with Crippen LogP contribution >= 0.6 is 34.8 Å². The van der Waals surface area contributed by atoms with Crippen LogP contribution in [-0.2, 0) is 13.2 Å². The zero-order valence-electron chi connectivity index (χ0n) is 14.6. The topological polar surface area (TPSA) is 58.6 Å². The van der Waals surface area contributed by atoms with Crippen molar-refractivity contribution in [2.75, 3.05) is 5.32 Å². The molecule has 0 aliphatic heterocycles. The molecule has 3 rings (SSSR count). The van der Waals surface area contributed by atoms with Crippen LogP contribution in [0.1, 0.15) is 21.5 Å². The Morgan fingerprint density at radius 2 is 1.79 bits per heavy atom. The van der Waals surface area contributed by atoms with E-state index in [9.17, 15) is 4.79 Å². The minimum Gasteiger partial charge on any atom is -0.489 e. The number of hydrogen-bond donors (Lipinski definition) is 2. The van der Waals surface area contributed by atoms with Crippen molar-refractivity contribution in [2.45, 2.75) is 13.2 Å². The molecule has 0 fully saturated rings. The van der Waals surface area contributed by atoms with E-state index in [-0.39, 0.29) is 5.56 Å². The number of carboxylic acid groups (broad SMARTS) is 1. The summed E-state index contributed by atoms with van der Waals surface area (Å²) in [6, 6.07) is 17.4. The summed E-state index contributed by atoms with van der Waals surface area (Å²) in [6.45, 7) is 0.779. The summed E-state index contributed by atoms with van der Waals surface area (Å²) in [4.78, 5) is 11.1. The lowest BCUT2D eigenvalue weighted by Crippen LogP contribution is -2.03. The van der Waals surface area contributed by atoms with Crippen molar-refractivity contribution < 1.29 is 14.6 Å². The third kappa shape index (κ3) is 5.32. The van der Waals surface area contributed by atoms with E-state index < -0.39 is 5.97 Å². The van der Waals surface area contributed by atoms with Gasteiger partial charge < -0.3 is 15.2 Å². The van der Waals surface area contributed by atoms with Gasteiger partial charge in [0.05, 0.1) is 16.3 Å². The van der Waals surface area contributed by atoms with Crippen molar-refractivity contribution in [3.63, 3.8) is 0 Å². The van der Waals surface area contributed by atoms with Crippen molar-refractivity contribution >= 4 is 46.5 Å². The molecule has 3 aromatic carbocycles. The first-order valence-electron chi connectivity index (χ1n) is 8.35. The average Bonchev–Trinajstić information content (AvgIpc) is 2.67. The number of rotatable bonds is 7. The van der Waals surface area contributed by atoms with E-state index >= 15 is 0 Å². The molecule has 0 unspecified atom stereocenters. The first kappa shape index (κ1) is 20.3. The molecule has 144 valence electrons. The van der Waals surface area contributed by atoms with Gasteiger partial charge in [-0.25, -0.2) is 4.79 Å². The van der Waals surface area contributed by atoms with Gasteiger partial charge in [-0.05, 0) is 48.0 Å². The normalized spacial score (nSPS) is 10.5. The largest absolute Gasteiger partial charge is 0.489 e. The molecule has 4 nitrogen and oxygen atoms in total. The standard InChI is InChI=1S/C21H16Cl3NO3/c22-16-6-4-15(19(24)10-16)12-28-17-3-1-2-13(8-17)11-25-20-9-14(21(26)27)5-7-18(20)23/h1-10,25H,11-12H2,(H,26,27). The highest BCUT2D eigenvalue weighted by atomic mass is 35.5. The van der Waals surface area contributed by atoms with E-state index in [0.717, 1.165) is 11.1 Å². The maximum absolute atomic E-state index is 11.1. The molecule has 7 heteroatoms. The summed E-state index contributed by atoms with van der Waals surface area (Å²) in [5.74, 6) is -0.313. The smallest absolute Gasteiger partial charge is 0.335 e. The molecule has 0 saturated carbocycles. The summed E-state index contributed by atoms with van der Waals surface area (Å²) in [7, 11) is 0. The summed E-state index contributed by atoms with van der Waals surface area (Å²) in [5.41, 5.74) is 2.52. The Balaban J connectivity index is 1.65. The summed E-state index contributed by atoms with van der Waals surface area (Å²) >= 11 is 18.2. The quantitative estimate of drug-likeness (QED) is 0.442. The second-order valence-electron chi connectivity index (χ2n) is 6.03. The van der Waals surface area contributed by atoms with Crippen LogP contribution in [0.2, 0.25) is 15.1 Å². The van der Waals surface area contributed by atoms with Gasteiger partial charge in [0, 0.05) is 22.2 Å². The summed E-state index contributed by atoms with van der Waals surface area (Å²) in [6.07, 6.45) is 0. The van der Waals surface area contributed by atoms with Gasteiger partial charge >= 0.3 is 5.97 Å². The molecule has 0 amide bonds. The van der Waals surface area contributed by atoms with Gasteiger partial charge in [0.15, 0.2) is 0 Å². The van der Waals surface area contributed by atoms with Gasteiger partial charge in [0.2, 0.25) is 0 Å². The second-order valence-corrected chi connectivity index (χ2v) is 7.28. The Morgan fingerprint density at radius 3 is 2.54 bits per heavy atom. The molecule has 0 saturated heterocycles. The number of anilines is 1. The van der Waals surface area contributed by atoms with E-state index in [2.05, 4.69) is 5.32 Å². The van der Waals surface area contributed by atoms with E-state index in [0.29, 0.717) is 39.7 Å². The monoisotopic (exact) mass is 435 g/mol. The predicted octanol–water partition coefficient (Wildman–Crippen LogP) is 6.54. The molecule has 0 spiro atoms. The van der Waals surface area contributed by atoms with Gasteiger partial charge in [0.1, 0.15) is 12.4 Å². The van der Waals surface area contributed by atoms with Gasteiger partial charge in [-0.15, -0.1) is 0 Å². The highest BCUT2D eigenvalue weighted by Gasteiger charge is 2.08. The third-order valence-corrected chi connectivity index (χ3v) is 4.92. The molecule has 0 atom stereocenters. The van der Waals surface area contributed by atoms with Crippen molar-refractivity contribution in [3.8, 4) is 5.75 Å². The van der Waals surface area contributed by atoms with Crippen molar-refractivity contribution in [3.05, 3.63) is 92.4 Å². The molecule has 0 aliphatic rings. The lowest BCUT2D eigenvalue weighted by Gasteiger charge is -2.12. The van der Waals surface area contributed by atoms with Crippen LogP contribution < -0.4 is 10.1 Å². The third-order valence-electron chi connectivity index (χ3n) is 4.00. The Morgan fingerprint density at radius 1 is 0.964 bits per heavy atom. The first-order valence-corrected chi connectivity index (χ1v) is 9.48. The number of hydrogen-bond acceptors (Lipinski definition) is 3. The number of benzene rings is 3. The maximum atomic E-state index is 11.1. The second kappa shape index (κ2) is 9.20. The van der Waals surface area contributed by atoms with Crippen LogP contribution in [0.5, 0.6) is 5.75 Å². The Labute approximate surface area is 177 Å². The van der Waals surface area contributed by atoms with Crippen LogP contribution in [-0.4, -0.2) is 11.1 Å². The molecule has 0 heterocycles. The average molecular weight is 437 g/mol. The van der Waals surface area contributed by atoms with Crippen LogP contribution in [0.25, 0.3) is 0 Å². The van der Waals surface area contributed by atoms with E-state index in [4.69, 9.17) is 44.6 Å². The predicted molar refractivity (Wildman–Crippen MR) is 113 cm³/mol. The highest BCUT2D eigenvalue weighted by molar-refractivity contribution is 6.35. The number of carboxylic acids is 1. The van der Waals surface area contributed by atoms with E-state index in [1.807, 2.05) is 30.3 Å². The molecule has 2 N–H and O–H groups in total. The van der Waals surface area contributed by atoms with Crippen LogP contribution in [0.3, 0.4) is 0 Å². The zero-order chi connectivity index (χ0) is 20.1. The van der Waals surface area contributed by atoms with Crippen LogP contribution in [0.4, 0.5) is 5.69 Å². The fourth-order valence-electron chi connectivity index (χ4n) is 2.54. The fraction of sp³-hybridized carbons (Fsp3) is 0.0952. The molecule has 3 aromatic rings. The highest BCUT2D eigenvalue weighted by Crippen LogP contribution is 2.25. The minimum atomic E-state index is -1.00. The van der Waals surface area contributed by atoms with Gasteiger partial charge in [-0.2, -0.15) is 0 Å². The summed E-state index contributed by atoms with van der Waals surface area (Å²) < 4.78 is 5.82. The number of ether oxygens (including phenoxy) is 1. The Hall–Kier alpha value is -2.40. The lowest BCUT2D eigenvalue weighted by atomic mass is 10.1. The molecule has 0 aromatic heterocycles. The molecular weight excluding hydrogens is 421 g/mol. The van der Waals surface area contributed by atoms with Crippen molar-refractivity contribution in [2.24, 2.45) is 0 Å². The van der Waals surface area contributed by atoms with Crippen molar-refractivity contribution in [1.82, 2.24) is 0 Å². The van der Waals surface area contributed by atoms with Crippen LogP contribution in [0, 0.1) is 0 Å². The summed E-state index contributed by atoms with van der Waals surface area (Å²) in [5, 5.41) is 13.8. The fourth-order valence-corrected chi connectivity index (χ4v) is 3.18. The first-order chi connectivity index (χ1) is 13.4. The zero-order valence-corrected chi connectivity index (χ0v) is 16.9. The molecular formula is C21H16Cl3NO3. The SMILES string of the molecule is O=C(O)c1ccc(Cl)c(NCc2cccc(OCc3ccc(Cl)cc3Cl)c2)c1. The van der Waals surface area contributed by atoms with Gasteiger partial charge in [0.25, 0.3) is 0 Å². The van der Waals surface area contributed by atoms with E-state index in [1.54, 1.807) is 18.2 Å². The van der Waals surface area contributed by atoms with E-state index in [1.165, 1.54) is 12.1 Å². The number of aromatic carboxylic acids is 1. The van der Waals surface area contributed by atoms with Crippen LogP contribution in [0.15, 0.2) is 60.7 Å². The Bertz CT molecular complexity index is 1010. The number of carbonyl (C=O) groups is 1. The Kier molecular flexibility index (Phi) is 6.68. The molecule has 0 bridgehead atoms. The molecule has 0 aliphatic carbocycles. The lowest BCUT2D eigenvalue weighted by molar-refractivity contribution is 0.0697. The van der Waals surface area contributed by atoms with Crippen molar-refractivity contribution in [1.29, 1.82) is 0 Å².